The molecule has 3 aromatic rings. The third-order valence-electron chi connectivity index (χ3n) is 5.72. The number of fused-ring (bicyclic) bond motifs is 1. The van der Waals surface area contributed by atoms with Crippen molar-refractivity contribution in [3.8, 4) is 0 Å². The maximum Gasteiger partial charge on any atom is 0.194 e. The molecule has 0 radical (unpaired) electrons. The topological polar surface area (TPSA) is 51.3 Å². The molecule has 1 aromatic heterocycles. The van der Waals surface area contributed by atoms with E-state index >= 15 is 0 Å². The second-order valence-electron chi connectivity index (χ2n) is 7.24. The Morgan fingerprint density at radius 3 is 2.63 bits per heavy atom. The smallest absolute Gasteiger partial charge is 0.194 e. The summed E-state index contributed by atoms with van der Waals surface area (Å²) in [7, 11) is 0. The fraction of sp³-hybridized carbons (Fsp3) is 0.318. The maximum absolute atomic E-state index is 13.0. The number of nitrogens with two attached hydrogens (primary N) is 1. The van der Waals surface area contributed by atoms with Crippen molar-refractivity contribution in [3.63, 3.8) is 0 Å². The normalized spacial score (nSPS) is 16.1. The van der Waals surface area contributed by atoms with Gasteiger partial charge in [-0.15, -0.1) is 0 Å². The number of hydrogen-bond donors (Lipinski definition) is 1. The molecule has 0 saturated carbocycles. The van der Waals surface area contributed by atoms with Gasteiger partial charge in [-0.1, -0.05) is 30.7 Å². The van der Waals surface area contributed by atoms with Gasteiger partial charge in [0.05, 0.1) is 10.5 Å². The first-order chi connectivity index (χ1) is 13.1. The molecule has 2 heterocycles. The molecule has 1 aliphatic heterocycles. The maximum atomic E-state index is 13.0. The third-order valence-corrected chi connectivity index (χ3v) is 6.05. The van der Waals surface area contributed by atoms with Crippen molar-refractivity contribution in [2.45, 2.75) is 25.7 Å². The summed E-state index contributed by atoms with van der Waals surface area (Å²) in [6.45, 7) is 5.52. The first-order valence-electron chi connectivity index (χ1n) is 9.50. The van der Waals surface area contributed by atoms with Gasteiger partial charge in [-0.05, 0) is 74.3 Å². The minimum Gasteiger partial charge on any atom is -0.339 e. The van der Waals surface area contributed by atoms with Crippen LogP contribution in [0.25, 0.3) is 10.9 Å². The van der Waals surface area contributed by atoms with Crippen molar-refractivity contribution in [2.24, 2.45) is 0 Å². The molecule has 4 nitrogen and oxygen atoms in total. The number of rotatable bonds is 4. The van der Waals surface area contributed by atoms with Crippen LogP contribution in [0.3, 0.4) is 0 Å². The van der Waals surface area contributed by atoms with Gasteiger partial charge >= 0.3 is 0 Å². The molecular weight excluding hydrogens is 358 g/mol. The van der Waals surface area contributed by atoms with Gasteiger partial charge in [0.25, 0.3) is 0 Å². The minimum atomic E-state index is -0.0565. The molecule has 27 heavy (non-hydrogen) atoms. The number of aromatic nitrogens is 1. The van der Waals surface area contributed by atoms with Crippen LogP contribution in [0.1, 0.15) is 47.2 Å². The van der Waals surface area contributed by atoms with Gasteiger partial charge < -0.3 is 10.7 Å². The number of ketones is 1. The second kappa shape index (κ2) is 7.37. The summed E-state index contributed by atoms with van der Waals surface area (Å²) >= 11 is 6.22. The highest BCUT2D eigenvalue weighted by Gasteiger charge is 2.24. The molecule has 4 rings (SSSR count). The molecule has 1 fully saturated rings. The summed E-state index contributed by atoms with van der Waals surface area (Å²) in [6, 6.07) is 12.9. The molecule has 0 atom stereocenters. The SMILES string of the molecule is CCN1CCC(c2cn(N)c3ccc(C(=O)c4ccccc4Cl)cc23)CC1. The molecule has 1 saturated heterocycles. The molecule has 2 aromatic carbocycles. The first-order valence-corrected chi connectivity index (χ1v) is 9.88. The first kappa shape index (κ1) is 18.1. The van der Waals surface area contributed by atoms with Gasteiger partial charge in [0, 0.05) is 22.7 Å². The van der Waals surface area contributed by atoms with Crippen molar-refractivity contribution in [1.82, 2.24) is 9.58 Å². The minimum absolute atomic E-state index is 0.0565. The van der Waals surface area contributed by atoms with E-state index in [1.807, 2.05) is 36.5 Å². The highest BCUT2D eigenvalue weighted by molar-refractivity contribution is 6.35. The standard InChI is InChI=1S/C22H24ClN3O/c1-2-25-11-9-15(10-12-25)19-14-26(24)21-8-7-16(13-18(19)21)22(27)17-5-3-4-6-20(17)23/h3-8,13-15H,2,9-12,24H2,1H3. The number of hydrogen-bond acceptors (Lipinski definition) is 3. The largest absolute Gasteiger partial charge is 0.339 e. The van der Waals surface area contributed by atoms with E-state index in [1.165, 1.54) is 5.56 Å². The summed E-state index contributed by atoms with van der Waals surface area (Å²) < 4.78 is 1.68. The monoisotopic (exact) mass is 381 g/mol. The third kappa shape index (κ3) is 3.35. The molecular formula is C22H24ClN3O. The molecule has 0 bridgehead atoms. The predicted molar refractivity (Wildman–Crippen MR) is 111 cm³/mol. The molecule has 0 spiro atoms. The summed E-state index contributed by atoms with van der Waals surface area (Å²) in [4.78, 5) is 15.4. The van der Waals surface area contributed by atoms with Crippen LogP contribution in [-0.4, -0.2) is 35.0 Å². The highest BCUT2D eigenvalue weighted by atomic mass is 35.5. The van der Waals surface area contributed by atoms with Crippen LogP contribution in [0.5, 0.6) is 0 Å². The molecule has 5 heteroatoms. The van der Waals surface area contributed by atoms with Crippen LogP contribution in [0.2, 0.25) is 5.02 Å². The Morgan fingerprint density at radius 1 is 1.19 bits per heavy atom. The molecule has 0 amide bonds. The number of halogens is 1. The molecule has 140 valence electrons. The zero-order chi connectivity index (χ0) is 19.0. The number of piperidine rings is 1. The van der Waals surface area contributed by atoms with Crippen molar-refractivity contribution in [1.29, 1.82) is 0 Å². The number of benzene rings is 2. The van der Waals surface area contributed by atoms with E-state index in [0.717, 1.165) is 43.4 Å². The van der Waals surface area contributed by atoms with E-state index in [4.69, 9.17) is 17.4 Å². The fourth-order valence-electron chi connectivity index (χ4n) is 4.11. The Labute approximate surface area is 164 Å². The van der Waals surface area contributed by atoms with E-state index in [1.54, 1.807) is 16.8 Å². The van der Waals surface area contributed by atoms with Gasteiger partial charge in [-0.2, -0.15) is 0 Å². The van der Waals surface area contributed by atoms with E-state index in [2.05, 4.69) is 11.8 Å². The van der Waals surface area contributed by atoms with Gasteiger partial charge in [-0.3, -0.25) is 9.47 Å². The summed E-state index contributed by atoms with van der Waals surface area (Å²) in [6.07, 6.45) is 4.27. The van der Waals surface area contributed by atoms with Gasteiger partial charge in [-0.25, -0.2) is 0 Å². The van der Waals surface area contributed by atoms with Gasteiger partial charge in [0.1, 0.15) is 0 Å². The van der Waals surface area contributed by atoms with Crippen LogP contribution in [0.15, 0.2) is 48.7 Å². The number of nitrogens with zero attached hydrogens (tertiary/aromatic N) is 2. The lowest BCUT2D eigenvalue weighted by atomic mass is 9.88. The quantitative estimate of drug-likeness (QED) is 0.537. The van der Waals surface area contributed by atoms with E-state index < -0.39 is 0 Å². The Balaban J connectivity index is 1.72. The van der Waals surface area contributed by atoms with Crippen molar-refractivity contribution >= 4 is 28.3 Å². The summed E-state index contributed by atoms with van der Waals surface area (Å²) in [5.74, 6) is 6.62. The van der Waals surface area contributed by atoms with E-state index in [-0.39, 0.29) is 5.78 Å². The zero-order valence-electron chi connectivity index (χ0n) is 15.5. The van der Waals surface area contributed by atoms with E-state index in [0.29, 0.717) is 22.1 Å². The van der Waals surface area contributed by atoms with Gasteiger partial charge in [0.15, 0.2) is 5.78 Å². The van der Waals surface area contributed by atoms with Crippen molar-refractivity contribution in [3.05, 3.63) is 70.4 Å². The lowest BCUT2D eigenvalue weighted by Gasteiger charge is -2.30. The lowest BCUT2D eigenvalue weighted by molar-refractivity contribution is 0.103. The number of nitrogen functional groups attached to an aromatic ring is 1. The average molecular weight is 382 g/mol. The fourth-order valence-corrected chi connectivity index (χ4v) is 4.33. The van der Waals surface area contributed by atoms with Crippen molar-refractivity contribution < 1.29 is 4.79 Å². The van der Waals surface area contributed by atoms with Crippen LogP contribution >= 0.6 is 11.6 Å². The molecule has 0 aliphatic carbocycles. The van der Waals surface area contributed by atoms with Crippen molar-refractivity contribution in [2.75, 3.05) is 25.5 Å². The number of carbonyl (C=O) groups excluding carboxylic acids is 1. The van der Waals surface area contributed by atoms with Gasteiger partial charge in [0.2, 0.25) is 0 Å². The second-order valence-corrected chi connectivity index (χ2v) is 7.65. The Kier molecular flexibility index (Phi) is 4.94. The number of carbonyl (C=O) groups is 1. The van der Waals surface area contributed by atoms with E-state index in [9.17, 15) is 4.79 Å². The highest BCUT2D eigenvalue weighted by Crippen LogP contribution is 2.34. The Hall–Kier alpha value is -2.30. The lowest BCUT2D eigenvalue weighted by Crippen LogP contribution is -2.32. The molecule has 2 N–H and O–H groups in total. The zero-order valence-corrected chi connectivity index (χ0v) is 16.2. The average Bonchev–Trinajstić information content (AvgIpc) is 3.04. The summed E-state index contributed by atoms with van der Waals surface area (Å²) in [5, 5.41) is 1.55. The predicted octanol–water partition coefficient (Wildman–Crippen LogP) is 4.44. The Morgan fingerprint density at radius 2 is 1.93 bits per heavy atom. The summed E-state index contributed by atoms with van der Waals surface area (Å²) in [5.41, 5.74) is 3.38. The molecule has 0 unspecified atom stereocenters. The van der Waals surface area contributed by atoms with Crippen LogP contribution in [0.4, 0.5) is 0 Å². The number of likely N-dealkylation sites (tertiary alicyclic amines) is 1. The van der Waals surface area contributed by atoms with Crippen LogP contribution < -0.4 is 5.84 Å². The van der Waals surface area contributed by atoms with Crippen LogP contribution in [0, 0.1) is 0 Å². The Bertz CT molecular complexity index is 986. The molecule has 1 aliphatic rings. The van der Waals surface area contributed by atoms with Crippen LogP contribution in [-0.2, 0) is 0 Å².